The standard InChI is InChI=1S/C25H43NO7/c1-7-29-17-32-22-10-9-15-26(24(28)33-25(4,5)6)21(22)16-31-20-13-11-19(12-14-20)18(3)23(27)30-8-2/h20-22H,7-17H2,1-6H3. The third-order valence-electron chi connectivity index (χ3n) is 6.07. The van der Waals surface area contributed by atoms with Crippen LogP contribution < -0.4 is 0 Å². The molecular weight excluding hydrogens is 426 g/mol. The number of rotatable bonds is 9. The largest absolute Gasteiger partial charge is 0.463 e. The Balaban J connectivity index is 1.99. The van der Waals surface area contributed by atoms with Gasteiger partial charge >= 0.3 is 12.1 Å². The first kappa shape index (κ1) is 27.6. The molecule has 0 radical (unpaired) electrons. The van der Waals surface area contributed by atoms with Gasteiger partial charge < -0.3 is 28.6 Å². The molecule has 2 fully saturated rings. The number of carbonyl (C=O) groups excluding carboxylic acids is 2. The Bertz CT molecular complexity index is 660. The van der Waals surface area contributed by atoms with Crippen LogP contribution in [0.4, 0.5) is 4.79 Å². The molecule has 0 bridgehead atoms. The molecule has 0 aromatic heterocycles. The summed E-state index contributed by atoms with van der Waals surface area (Å²) >= 11 is 0. The van der Waals surface area contributed by atoms with Crippen LogP contribution in [0.5, 0.6) is 0 Å². The third kappa shape index (κ3) is 8.91. The number of likely N-dealkylation sites (tertiary alicyclic amines) is 1. The van der Waals surface area contributed by atoms with Crippen LogP contribution in [0.2, 0.25) is 0 Å². The van der Waals surface area contributed by atoms with E-state index in [1.54, 1.807) is 4.90 Å². The van der Waals surface area contributed by atoms with Crippen molar-refractivity contribution in [3.63, 3.8) is 0 Å². The molecule has 1 saturated carbocycles. The lowest BCUT2D eigenvalue weighted by Gasteiger charge is -2.41. The van der Waals surface area contributed by atoms with E-state index in [4.69, 9.17) is 23.7 Å². The van der Waals surface area contributed by atoms with E-state index in [0.29, 0.717) is 26.4 Å². The Morgan fingerprint density at radius 2 is 1.73 bits per heavy atom. The number of hydrogen-bond donors (Lipinski definition) is 0. The molecule has 1 heterocycles. The van der Waals surface area contributed by atoms with E-state index in [2.05, 4.69) is 0 Å². The van der Waals surface area contributed by atoms with E-state index in [1.165, 1.54) is 0 Å². The van der Waals surface area contributed by atoms with Crippen molar-refractivity contribution in [1.29, 1.82) is 0 Å². The van der Waals surface area contributed by atoms with Crippen LogP contribution in [0.25, 0.3) is 0 Å². The van der Waals surface area contributed by atoms with Crippen LogP contribution in [0.3, 0.4) is 0 Å². The first-order valence-electron chi connectivity index (χ1n) is 12.3. The van der Waals surface area contributed by atoms with Crippen LogP contribution >= 0.6 is 0 Å². The van der Waals surface area contributed by atoms with Crippen LogP contribution in [0, 0.1) is 0 Å². The molecule has 0 N–H and O–H groups in total. The van der Waals surface area contributed by atoms with Crippen molar-refractivity contribution in [2.45, 2.75) is 104 Å². The van der Waals surface area contributed by atoms with Crippen molar-refractivity contribution in [3.05, 3.63) is 11.1 Å². The van der Waals surface area contributed by atoms with Gasteiger partial charge in [-0.15, -0.1) is 0 Å². The molecule has 2 unspecified atom stereocenters. The number of nitrogens with zero attached hydrogens (tertiary/aromatic N) is 1. The van der Waals surface area contributed by atoms with Gasteiger partial charge in [-0.1, -0.05) is 5.57 Å². The smallest absolute Gasteiger partial charge is 0.410 e. The Labute approximate surface area is 198 Å². The van der Waals surface area contributed by atoms with E-state index < -0.39 is 5.60 Å². The number of ether oxygens (including phenoxy) is 5. The molecule has 2 aliphatic rings. The van der Waals surface area contributed by atoms with Gasteiger partial charge in [0, 0.05) is 18.7 Å². The van der Waals surface area contributed by atoms with Gasteiger partial charge in [-0.2, -0.15) is 0 Å². The molecule has 1 aliphatic carbocycles. The summed E-state index contributed by atoms with van der Waals surface area (Å²) in [5.41, 5.74) is 1.31. The monoisotopic (exact) mass is 469 g/mol. The van der Waals surface area contributed by atoms with Gasteiger partial charge in [0.15, 0.2) is 0 Å². The fourth-order valence-corrected chi connectivity index (χ4v) is 4.28. The maximum Gasteiger partial charge on any atom is 0.410 e. The van der Waals surface area contributed by atoms with Crippen molar-refractivity contribution in [2.24, 2.45) is 0 Å². The molecule has 1 saturated heterocycles. The Morgan fingerprint density at radius 1 is 1.03 bits per heavy atom. The lowest BCUT2D eigenvalue weighted by Crippen LogP contribution is -2.55. The van der Waals surface area contributed by atoms with Crippen molar-refractivity contribution in [2.75, 3.05) is 33.2 Å². The summed E-state index contributed by atoms with van der Waals surface area (Å²) in [4.78, 5) is 26.7. The molecular formula is C25H43NO7. The molecule has 8 heteroatoms. The van der Waals surface area contributed by atoms with Crippen molar-refractivity contribution >= 4 is 12.1 Å². The van der Waals surface area contributed by atoms with Gasteiger partial charge in [0.05, 0.1) is 31.5 Å². The SMILES string of the molecule is CCOCOC1CCCN(C(=O)OC(C)(C)C)C1COC1CCC(=C(C)C(=O)OCC)CC1. The highest BCUT2D eigenvalue weighted by Crippen LogP contribution is 2.30. The quantitative estimate of drug-likeness (QED) is 0.211. The second-order valence-corrected chi connectivity index (χ2v) is 9.68. The number of allylic oxidation sites excluding steroid dienone is 1. The number of esters is 1. The molecule has 1 amide bonds. The molecule has 1 aliphatic heterocycles. The first-order valence-corrected chi connectivity index (χ1v) is 12.3. The van der Waals surface area contributed by atoms with Crippen LogP contribution in [0.1, 0.15) is 80.1 Å². The van der Waals surface area contributed by atoms with Gasteiger partial charge in [-0.05, 0) is 80.1 Å². The summed E-state index contributed by atoms with van der Waals surface area (Å²) in [6, 6.07) is -0.229. The molecule has 2 atom stereocenters. The summed E-state index contributed by atoms with van der Waals surface area (Å²) in [6.45, 7) is 13.4. The number of amides is 1. The Kier molecular flexibility index (Phi) is 11.1. The zero-order chi connectivity index (χ0) is 24.4. The zero-order valence-electron chi connectivity index (χ0n) is 21.3. The van der Waals surface area contributed by atoms with Gasteiger partial charge in [0.2, 0.25) is 0 Å². The maximum atomic E-state index is 12.9. The number of hydrogen-bond acceptors (Lipinski definition) is 7. The van der Waals surface area contributed by atoms with Crippen LogP contribution in [-0.4, -0.2) is 74.0 Å². The minimum Gasteiger partial charge on any atom is -0.463 e. The summed E-state index contributed by atoms with van der Waals surface area (Å²) in [7, 11) is 0. The minimum atomic E-state index is -0.565. The molecule has 33 heavy (non-hydrogen) atoms. The van der Waals surface area contributed by atoms with Gasteiger partial charge in [-0.3, -0.25) is 0 Å². The van der Waals surface area contributed by atoms with E-state index in [9.17, 15) is 9.59 Å². The van der Waals surface area contributed by atoms with Crippen molar-refractivity contribution < 1.29 is 33.3 Å². The molecule has 2 rings (SSSR count). The molecule has 0 aromatic rings. The van der Waals surface area contributed by atoms with Crippen LogP contribution in [0.15, 0.2) is 11.1 Å². The summed E-state index contributed by atoms with van der Waals surface area (Å²) in [6.07, 6.45) is 4.60. The van der Waals surface area contributed by atoms with Crippen molar-refractivity contribution in [3.8, 4) is 0 Å². The predicted molar refractivity (Wildman–Crippen MR) is 125 cm³/mol. The van der Waals surface area contributed by atoms with E-state index in [0.717, 1.165) is 49.7 Å². The Hall–Kier alpha value is -1.64. The fraction of sp³-hybridized carbons (Fsp3) is 0.840. The number of piperidine rings is 1. The first-order chi connectivity index (χ1) is 15.7. The molecule has 8 nitrogen and oxygen atoms in total. The second kappa shape index (κ2) is 13.3. The minimum absolute atomic E-state index is 0.0821. The summed E-state index contributed by atoms with van der Waals surface area (Å²) in [5.74, 6) is -0.226. The second-order valence-electron chi connectivity index (χ2n) is 9.68. The van der Waals surface area contributed by atoms with Gasteiger partial charge in [-0.25, -0.2) is 9.59 Å². The average molecular weight is 470 g/mol. The summed E-state index contributed by atoms with van der Waals surface area (Å²) in [5, 5.41) is 0. The lowest BCUT2D eigenvalue weighted by molar-refractivity contribution is -0.139. The van der Waals surface area contributed by atoms with Gasteiger partial charge in [0.1, 0.15) is 12.4 Å². The zero-order valence-corrected chi connectivity index (χ0v) is 21.3. The number of carbonyl (C=O) groups is 2. The lowest BCUT2D eigenvalue weighted by atomic mass is 9.89. The highest BCUT2D eigenvalue weighted by molar-refractivity contribution is 5.88. The average Bonchev–Trinajstić information content (AvgIpc) is 2.77. The third-order valence-corrected chi connectivity index (χ3v) is 6.07. The normalized spacial score (nSPS) is 23.9. The molecule has 0 aromatic carbocycles. The maximum absolute atomic E-state index is 12.9. The Morgan fingerprint density at radius 3 is 2.33 bits per heavy atom. The van der Waals surface area contributed by atoms with E-state index in [1.807, 2.05) is 41.5 Å². The fourth-order valence-electron chi connectivity index (χ4n) is 4.28. The van der Waals surface area contributed by atoms with Gasteiger partial charge in [0.25, 0.3) is 0 Å². The topological polar surface area (TPSA) is 83.5 Å². The highest BCUT2D eigenvalue weighted by atomic mass is 16.7. The van der Waals surface area contributed by atoms with E-state index in [-0.39, 0.29) is 37.1 Å². The van der Waals surface area contributed by atoms with E-state index >= 15 is 0 Å². The molecule has 0 spiro atoms. The van der Waals surface area contributed by atoms with Crippen LogP contribution in [-0.2, 0) is 28.5 Å². The summed E-state index contributed by atoms with van der Waals surface area (Å²) < 4.78 is 28.4. The van der Waals surface area contributed by atoms with Crippen molar-refractivity contribution in [1.82, 2.24) is 4.90 Å². The predicted octanol–water partition coefficient (Wildman–Crippen LogP) is 4.60. The molecule has 190 valence electrons. The highest BCUT2D eigenvalue weighted by Gasteiger charge is 2.38.